The van der Waals surface area contributed by atoms with Gasteiger partial charge in [0, 0.05) is 24.5 Å². The zero-order valence-corrected chi connectivity index (χ0v) is 16.3. The monoisotopic (exact) mass is 392 g/mol. The molecule has 2 N–H and O–H groups in total. The Hall–Kier alpha value is -1.82. The molecule has 2 aromatic rings. The maximum absolute atomic E-state index is 11.9. The number of rotatable bonds is 6. The van der Waals surface area contributed by atoms with Crippen molar-refractivity contribution in [2.75, 3.05) is 11.9 Å². The van der Waals surface area contributed by atoms with Gasteiger partial charge in [0.05, 0.1) is 10.2 Å². The molecule has 24 heavy (non-hydrogen) atoms. The highest BCUT2D eigenvalue weighted by molar-refractivity contribution is 9.10. The van der Waals surface area contributed by atoms with Gasteiger partial charge in [0.25, 0.3) is 0 Å². The van der Waals surface area contributed by atoms with Crippen molar-refractivity contribution >= 4 is 27.6 Å². The molecular weight excluding hydrogens is 368 g/mol. The van der Waals surface area contributed by atoms with E-state index in [1.54, 1.807) is 0 Å². The average Bonchev–Trinajstić information content (AvgIpc) is 2.79. The number of carbonyl (C=O) groups excluding carboxylic acids is 1. The molecule has 2 amide bonds. The fourth-order valence-corrected chi connectivity index (χ4v) is 2.73. The Morgan fingerprint density at radius 3 is 2.46 bits per heavy atom. The van der Waals surface area contributed by atoms with E-state index in [1.165, 1.54) is 5.56 Å². The van der Waals surface area contributed by atoms with Crippen LogP contribution in [0.25, 0.3) is 0 Å². The van der Waals surface area contributed by atoms with E-state index in [0.29, 0.717) is 12.5 Å². The number of nitrogens with zero attached hydrogens (tertiary/aromatic N) is 2. The second-order valence-electron chi connectivity index (χ2n) is 6.22. The predicted octanol–water partition coefficient (Wildman–Crippen LogP) is 4.60. The summed E-state index contributed by atoms with van der Waals surface area (Å²) in [6.07, 6.45) is 0.827. The number of aryl methyl sites for hydroxylation is 2. The predicted molar refractivity (Wildman–Crippen MR) is 102 cm³/mol. The van der Waals surface area contributed by atoms with Crippen LogP contribution in [-0.4, -0.2) is 22.4 Å². The zero-order chi connectivity index (χ0) is 17.7. The largest absolute Gasteiger partial charge is 0.338 e. The van der Waals surface area contributed by atoms with Gasteiger partial charge in [-0.15, -0.1) is 0 Å². The molecule has 0 aliphatic carbocycles. The maximum Gasteiger partial charge on any atom is 0.319 e. The number of benzene rings is 1. The first-order valence-electron chi connectivity index (χ1n) is 8.22. The van der Waals surface area contributed by atoms with Crippen LogP contribution in [0.3, 0.4) is 0 Å². The molecule has 0 bridgehead atoms. The van der Waals surface area contributed by atoms with Crippen molar-refractivity contribution in [2.45, 2.75) is 46.6 Å². The first kappa shape index (κ1) is 18.5. The number of carbonyl (C=O) groups is 1. The molecule has 5 nitrogen and oxygen atoms in total. The molecule has 6 heteroatoms. The number of hydrogen-bond acceptors (Lipinski definition) is 2. The van der Waals surface area contributed by atoms with Crippen molar-refractivity contribution in [3.8, 4) is 0 Å². The number of anilines is 1. The van der Waals surface area contributed by atoms with Crippen LogP contribution in [0.1, 0.15) is 43.1 Å². The lowest BCUT2D eigenvalue weighted by Crippen LogP contribution is -2.30. The molecule has 0 fully saturated rings. The SMILES string of the molecule is Cc1nn(CCCNC(=O)Nc2ccc(C(C)C)cc2)c(C)c1Br. The van der Waals surface area contributed by atoms with Crippen LogP contribution in [0.15, 0.2) is 28.7 Å². The van der Waals surface area contributed by atoms with Crippen molar-refractivity contribution in [2.24, 2.45) is 0 Å². The molecule has 2 rings (SSSR count). The summed E-state index contributed by atoms with van der Waals surface area (Å²) in [4.78, 5) is 11.9. The molecule has 0 saturated carbocycles. The van der Waals surface area contributed by atoms with Crippen molar-refractivity contribution in [1.82, 2.24) is 15.1 Å². The molecule has 0 atom stereocenters. The van der Waals surface area contributed by atoms with Gasteiger partial charge in [-0.2, -0.15) is 5.10 Å². The van der Waals surface area contributed by atoms with Crippen LogP contribution in [0.2, 0.25) is 0 Å². The highest BCUT2D eigenvalue weighted by Crippen LogP contribution is 2.20. The van der Waals surface area contributed by atoms with Gasteiger partial charge in [0.2, 0.25) is 0 Å². The van der Waals surface area contributed by atoms with Crippen LogP contribution in [0.4, 0.5) is 10.5 Å². The Kier molecular flexibility index (Phi) is 6.43. The van der Waals surface area contributed by atoms with Gasteiger partial charge in [-0.05, 0) is 59.8 Å². The van der Waals surface area contributed by atoms with E-state index in [-0.39, 0.29) is 6.03 Å². The average molecular weight is 393 g/mol. The molecule has 130 valence electrons. The first-order valence-corrected chi connectivity index (χ1v) is 9.02. The summed E-state index contributed by atoms with van der Waals surface area (Å²) in [5.41, 5.74) is 4.17. The Balaban J connectivity index is 1.74. The second kappa shape index (κ2) is 8.33. The highest BCUT2D eigenvalue weighted by Gasteiger charge is 2.08. The zero-order valence-electron chi connectivity index (χ0n) is 14.7. The molecule has 0 unspecified atom stereocenters. The van der Waals surface area contributed by atoms with Crippen LogP contribution in [-0.2, 0) is 6.54 Å². The van der Waals surface area contributed by atoms with Gasteiger partial charge in [-0.25, -0.2) is 4.79 Å². The quantitative estimate of drug-likeness (QED) is 0.705. The lowest BCUT2D eigenvalue weighted by molar-refractivity contribution is 0.251. The minimum absolute atomic E-state index is 0.179. The fourth-order valence-electron chi connectivity index (χ4n) is 2.45. The molecule has 1 aromatic carbocycles. The number of halogens is 1. The summed E-state index contributed by atoms with van der Waals surface area (Å²) < 4.78 is 3.02. The van der Waals surface area contributed by atoms with E-state index in [2.05, 4.69) is 45.5 Å². The number of urea groups is 1. The first-order chi connectivity index (χ1) is 11.4. The molecule has 1 aromatic heterocycles. The van der Waals surface area contributed by atoms with E-state index in [9.17, 15) is 4.79 Å². The van der Waals surface area contributed by atoms with Crippen molar-refractivity contribution < 1.29 is 4.79 Å². The summed E-state index contributed by atoms with van der Waals surface area (Å²) in [5.74, 6) is 0.488. The number of hydrogen-bond donors (Lipinski definition) is 2. The van der Waals surface area contributed by atoms with Crippen LogP contribution in [0, 0.1) is 13.8 Å². The van der Waals surface area contributed by atoms with Gasteiger partial charge >= 0.3 is 6.03 Å². The van der Waals surface area contributed by atoms with Crippen LogP contribution in [0.5, 0.6) is 0 Å². The summed E-state index contributed by atoms with van der Waals surface area (Å²) >= 11 is 3.52. The van der Waals surface area contributed by atoms with Crippen molar-refractivity contribution in [1.29, 1.82) is 0 Å². The lowest BCUT2D eigenvalue weighted by atomic mass is 10.0. The molecular formula is C18H25BrN4O. The minimum atomic E-state index is -0.179. The molecule has 0 saturated heterocycles. The summed E-state index contributed by atoms with van der Waals surface area (Å²) in [6, 6.07) is 7.77. The van der Waals surface area contributed by atoms with Gasteiger partial charge in [0.1, 0.15) is 0 Å². The van der Waals surface area contributed by atoms with E-state index in [0.717, 1.165) is 34.5 Å². The summed E-state index contributed by atoms with van der Waals surface area (Å²) in [7, 11) is 0. The van der Waals surface area contributed by atoms with E-state index in [1.807, 2.05) is 42.8 Å². The van der Waals surface area contributed by atoms with Crippen molar-refractivity contribution in [3.63, 3.8) is 0 Å². The fraction of sp³-hybridized carbons (Fsp3) is 0.444. The standard InChI is InChI=1S/C18H25BrN4O/c1-12(2)15-6-8-16(9-7-15)21-18(24)20-10-5-11-23-14(4)17(19)13(3)22-23/h6-9,12H,5,10-11H2,1-4H3,(H2,20,21,24). The Morgan fingerprint density at radius 1 is 1.25 bits per heavy atom. The molecule has 0 spiro atoms. The maximum atomic E-state index is 11.9. The minimum Gasteiger partial charge on any atom is -0.338 e. The van der Waals surface area contributed by atoms with E-state index >= 15 is 0 Å². The lowest BCUT2D eigenvalue weighted by Gasteiger charge is -2.10. The summed E-state index contributed by atoms with van der Waals surface area (Å²) in [5, 5.41) is 10.2. The molecule has 1 heterocycles. The second-order valence-corrected chi connectivity index (χ2v) is 7.01. The van der Waals surface area contributed by atoms with Crippen LogP contribution >= 0.6 is 15.9 Å². The normalized spacial score (nSPS) is 10.9. The van der Waals surface area contributed by atoms with Crippen LogP contribution < -0.4 is 10.6 Å². The molecule has 0 aliphatic rings. The Labute approximate surface area is 152 Å². The topological polar surface area (TPSA) is 59.0 Å². The van der Waals surface area contributed by atoms with Gasteiger partial charge in [0.15, 0.2) is 0 Å². The smallest absolute Gasteiger partial charge is 0.319 e. The molecule has 0 aliphatic heterocycles. The van der Waals surface area contributed by atoms with Crippen molar-refractivity contribution in [3.05, 3.63) is 45.7 Å². The highest BCUT2D eigenvalue weighted by atomic mass is 79.9. The summed E-state index contributed by atoms with van der Waals surface area (Å²) in [6.45, 7) is 9.69. The number of amides is 2. The molecule has 0 radical (unpaired) electrons. The number of nitrogens with one attached hydrogen (secondary N) is 2. The van der Waals surface area contributed by atoms with Gasteiger partial charge < -0.3 is 10.6 Å². The van der Waals surface area contributed by atoms with Gasteiger partial charge in [-0.1, -0.05) is 26.0 Å². The van der Waals surface area contributed by atoms with Gasteiger partial charge in [-0.3, -0.25) is 4.68 Å². The third-order valence-electron chi connectivity index (χ3n) is 3.96. The third kappa shape index (κ3) is 4.84. The Morgan fingerprint density at radius 2 is 1.92 bits per heavy atom. The van der Waals surface area contributed by atoms with E-state index < -0.39 is 0 Å². The van der Waals surface area contributed by atoms with E-state index in [4.69, 9.17) is 0 Å². The Bertz CT molecular complexity index is 692. The number of aromatic nitrogens is 2. The third-order valence-corrected chi connectivity index (χ3v) is 5.11.